The maximum Gasteiger partial charge on any atom is 0.250 e. The molecule has 0 spiro atoms. The second kappa shape index (κ2) is 3.47. The molecule has 5 heteroatoms. The third-order valence-corrected chi connectivity index (χ3v) is 1.87. The maximum atomic E-state index is 10.9. The summed E-state index contributed by atoms with van der Waals surface area (Å²) in [4.78, 5) is 10.9. The van der Waals surface area contributed by atoms with Crippen LogP contribution in [0.2, 0.25) is 0 Å². The summed E-state index contributed by atoms with van der Waals surface area (Å²) < 4.78 is 0. The molecule has 0 aliphatic rings. The number of anilines is 1. The number of carbonyl (C=O) groups is 1. The second-order valence-corrected chi connectivity index (χ2v) is 2.88. The van der Waals surface area contributed by atoms with Crippen molar-refractivity contribution in [3.05, 3.63) is 24.4 Å². The number of rotatable bonds is 2. The summed E-state index contributed by atoms with van der Waals surface area (Å²) in [7, 11) is 0. The van der Waals surface area contributed by atoms with Gasteiger partial charge in [0.05, 0.1) is 11.7 Å². The van der Waals surface area contributed by atoms with Crippen LogP contribution in [0.1, 0.15) is 0 Å². The van der Waals surface area contributed by atoms with Gasteiger partial charge >= 0.3 is 0 Å². The summed E-state index contributed by atoms with van der Waals surface area (Å²) in [6, 6.07) is 5.34. The van der Waals surface area contributed by atoms with Crippen LogP contribution in [0, 0.1) is 0 Å². The maximum absolute atomic E-state index is 10.9. The molecule has 72 valence electrons. The molecule has 1 aromatic carbocycles. The van der Waals surface area contributed by atoms with Crippen LogP contribution in [0.15, 0.2) is 24.4 Å². The lowest BCUT2D eigenvalue weighted by Gasteiger charge is -2.01. The van der Waals surface area contributed by atoms with Gasteiger partial charge in [-0.15, -0.1) is 0 Å². The number of benzene rings is 1. The smallest absolute Gasteiger partial charge is 0.250 e. The molecule has 1 amide bonds. The highest BCUT2D eigenvalue weighted by Crippen LogP contribution is 2.16. The zero-order chi connectivity index (χ0) is 9.97. The monoisotopic (exact) mass is 191 g/mol. The molecule has 0 radical (unpaired) electrons. The fraction of sp³-hybridized carbons (Fsp3) is 0.111. The fourth-order valence-corrected chi connectivity index (χ4v) is 1.22. The molecule has 0 atom stereocenters. The largest absolute Gasteiger partial charge is 0.387 e. The number of fused-ring (bicyclic) bond motifs is 1. The number of amides is 1. The van der Waals surface area contributed by atoms with Crippen LogP contribution in [0.25, 0.3) is 10.9 Å². The first kappa shape index (κ1) is 8.71. The molecule has 0 fully saturated rings. The van der Waals surface area contributed by atoms with Crippen LogP contribution >= 0.6 is 0 Å². The van der Waals surface area contributed by atoms with Crippen molar-refractivity contribution in [2.45, 2.75) is 0 Å². The fourth-order valence-electron chi connectivity index (χ4n) is 1.22. The van der Waals surface area contributed by atoms with Gasteiger partial charge in [0.1, 0.15) is 6.61 Å². The molecular weight excluding hydrogens is 182 g/mol. The number of nitrogens with zero attached hydrogens (tertiary/aromatic N) is 1. The number of H-pyrrole nitrogens is 1. The number of aromatic nitrogens is 2. The Morgan fingerprint density at radius 1 is 1.57 bits per heavy atom. The first-order valence-corrected chi connectivity index (χ1v) is 4.13. The lowest BCUT2D eigenvalue weighted by Crippen LogP contribution is -2.15. The topological polar surface area (TPSA) is 78.0 Å². The van der Waals surface area contributed by atoms with Gasteiger partial charge in [0.2, 0.25) is 5.91 Å². The van der Waals surface area contributed by atoms with E-state index in [9.17, 15) is 4.79 Å². The first-order chi connectivity index (χ1) is 6.79. The van der Waals surface area contributed by atoms with Gasteiger partial charge in [0.25, 0.3) is 0 Å². The van der Waals surface area contributed by atoms with Crippen molar-refractivity contribution in [2.24, 2.45) is 0 Å². The SMILES string of the molecule is O=C(CO)Nc1ccc2[nH]ncc2c1. The molecule has 5 nitrogen and oxygen atoms in total. The normalized spacial score (nSPS) is 10.4. The highest BCUT2D eigenvalue weighted by Gasteiger charge is 2.01. The van der Waals surface area contributed by atoms with Crippen LogP contribution < -0.4 is 5.32 Å². The highest BCUT2D eigenvalue weighted by molar-refractivity contribution is 5.94. The van der Waals surface area contributed by atoms with E-state index in [0.29, 0.717) is 5.69 Å². The van der Waals surface area contributed by atoms with Crippen LogP contribution in [0.3, 0.4) is 0 Å². The van der Waals surface area contributed by atoms with Crippen LogP contribution in [0.5, 0.6) is 0 Å². The molecule has 2 aromatic rings. The molecule has 0 aliphatic carbocycles. The van der Waals surface area contributed by atoms with E-state index < -0.39 is 12.5 Å². The summed E-state index contributed by atoms with van der Waals surface area (Å²) >= 11 is 0. The third kappa shape index (κ3) is 1.57. The Morgan fingerprint density at radius 2 is 2.43 bits per heavy atom. The van der Waals surface area contributed by atoms with Crippen molar-refractivity contribution in [1.82, 2.24) is 10.2 Å². The van der Waals surface area contributed by atoms with E-state index in [0.717, 1.165) is 10.9 Å². The number of hydrogen-bond acceptors (Lipinski definition) is 3. The van der Waals surface area contributed by atoms with E-state index in [2.05, 4.69) is 15.5 Å². The predicted molar refractivity (Wildman–Crippen MR) is 51.8 cm³/mol. The molecule has 0 saturated carbocycles. The van der Waals surface area contributed by atoms with Crippen molar-refractivity contribution in [3.63, 3.8) is 0 Å². The van der Waals surface area contributed by atoms with Gasteiger partial charge in [-0.25, -0.2) is 0 Å². The van der Waals surface area contributed by atoms with Crippen LogP contribution in [-0.2, 0) is 4.79 Å². The average molecular weight is 191 g/mol. The lowest BCUT2D eigenvalue weighted by atomic mass is 10.2. The molecule has 3 N–H and O–H groups in total. The number of aliphatic hydroxyl groups is 1. The quantitative estimate of drug-likeness (QED) is 0.646. The molecular formula is C9H9N3O2. The molecule has 2 rings (SSSR count). The number of aromatic amines is 1. The van der Waals surface area contributed by atoms with Crippen molar-refractivity contribution in [2.75, 3.05) is 11.9 Å². The zero-order valence-corrected chi connectivity index (χ0v) is 7.32. The molecule has 0 bridgehead atoms. The minimum atomic E-state index is -0.510. The Morgan fingerprint density at radius 3 is 3.21 bits per heavy atom. The zero-order valence-electron chi connectivity index (χ0n) is 7.32. The first-order valence-electron chi connectivity index (χ1n) is 4.13. The summed E-state index contributed by atoms with van der Waals surface area (Å²) in [6.45, 7) is -0.510. The summed E-state index contributed by atoms with van der Waals surface area (Å²) in [6.07, 6.45) is 1.67. The number of aliphatic hydroxyl groups excluding tert-OH is 1. The van der Waals surface area contributed by atoms with E-state index in [4.69, 9.17) is 5.11 Å². The van der Waals surface area contributed by atoms with Crippen molar-refractivity contribution >= 4 is 22.5 Å². The predicted octanol–water partition coefficient (Wildman–Crippen LogP) is 0.494. The Labute approximate surface area is 79.7 Å². The Kier molecular flexibility index (Phi) is 2.16. The summed E-state index contributed by atoms with van der Waals surface area (Å²) in [5.41, 5.74) is 1.56. The minimum Gasteiger partial charge on any atom is -0.387 e. The van der Waals surface area contributed by atoms with Gasteiger partial charge in [-0.1, -0.05) is 0 Å². The van der Waals surface area contributed by atoms with Gasteiger partial charge in [-0.2, -0.15) is 5.10 Å². The third-order valence-electron chi connectivity index (χ3n) is 1.87. The lowest BCUT2D eigenvalue weighted by molar-refractivity contribution is -0.118. The second-order valence-electron chi connectivity index (χ2n) is 2.88. The number of nitrogens with one attached hydrogen (secondary N) is 2. The molecule has 1 aromatic heterocycles. The van der Waals surface area contributed by atoms with Crippen molar-refractivity contribution in [3.8, 4) is 0 Å². The Balaban J connectivity index is 2.30. The van der Waals surface area contributed by atoms with Gasteiger partial charge in [-0.3, -0.25) is 9.89 Å². The van der Waals surface area contributed by atoms with Crippen molar-refractivity contribution in [1.29, 1.82) is 0 Å². The minimum absolute atomic E-state index is 0.423. The van der Waals surface area contributed by atoms with E-state index in [1.165, 1.54) is 0 Å². The van der Waals surface area contributed by atoms with E-state index in [1.54, 1.807) is 18.3 Å². The molecule has 14 heavy (non-hydrogen) atoms. The Bertz CT molecular complexity index is 464. The van der Waals surface area contributed by atoms with Gasteiger partial charge in [0, 0.05) is 11.1 Å². The number of hydrogen-bond donors (Lipinski definition) is 3. The standard InChI is InChI=1S/C9H9N3O2/c13-5-9(14)11-7-1-2-8-6(3-7)4-10-12-8/h1-4,13H,5H2,(H,10,12)(H,11,14). The number of carbonyl (C=O) groups excluding carboxylic acids is 1. The van der Waals surface area contributed by atoms with Gasteiger partial charge in [-0.05, 0) is 18.2 Å². The highest BCUT2D eigenvalue weighted by atomic mass is 16.3. The molecule has 0 unspecified atom stereocenters. The summed E-state index contributed by atoms with van der Waals surface area (Å²) in [5, 5.41) is 18.7. The average Bonchev–Trinajstić information content (AvgIpc) is 2.64. The van der Waals surface area contributed by atoms with E-state index in [-0.39, 0.29) is 0 Å². The van der Waals surface area contributed by atoms with Crippen LogP contribution in [-0.4, -0.2) is 27.8 Å². The summed E-state index contributed by atoms with van der Waals surface area (Å²) in [5.74, 6) is -0.423. The van der Waals surface area contributed by atoms with E-state index in [1.807, 2.05) is 6.07 Å². The molecule has 0 aliphatic heterocycles. The van der Waals surface area contributed by atoms with E-state index >= 15 is 0 Å². The van der Waals surface area contributed by atoms with Gasteiger partial charge in [0.15, 0.2) is 0 Å². The molecule has 0 saturated heterocycles. The van der Waals surface area contributed by atoms with Gasteiger partial charge < -0.3 is 10.4 Å². The molecule has 1 heterocycles. The van der Waals surface area contributed by atoms with Crippen molar-refractivity contribution < 1.29 is 9.90 Å². The van der Waals surface area contributed by atoms with Crippen LogP contribution in [0.4, 0.5) is 5.69 Å². The Hall–Kier alpha value is -1.88.